The van der Waals surface area contributed by atoms with Crippen molar-refractivity contribution >= 4 is 24.3 Å². The molecule has 0 aliphatic rings. The molecular weight excluding hydrogens is 222 g/mol. The Balaban J connectivity index is 3.20. The van der Waals surface area contributed by atoms with Crippen molar-refractivity contribution in [2.24, 2.45) is 0 Å². The summed E-state index contributed by atoms with van der Waals surface area (Å²) in [4.78, 5) is 12.1. The van der Waals surface area contributed by atoms with Gasteiger partial charge in [0, 0.05) is 11.2 Å². The lowest BCUT2D eigenvalue weighted by atomic mass is 9.95. The second-order valence-corrected chi connectivity index (χ2v) is 5.26. The summed E-state index contributed by atoms with van der Waals surface area (Å²) in [6, 6.07) is 4.14. The van der Waals surface area contributed by atoms with Crippen LogP contribution in [0.4, 0.5) is 0 Å². The van der Waals surface area contributed by atoms with Crippen LogP contribution < -0.4 is 0 Å². The summed E-state index contributed by atoms with van der Waals surface area (Å²) in [5.74, 6) is 0.227. The quantitative estimate of drug-likeness (QED) is 0.586. The summed E-state index contributed by atoms with van der Waals surface area (Å²) in [6.07, 6.45) is 0.788. The number of carbonyl (C=O) groups is 1. The van der Waals surface area contributed by atoms with Crippen LogP contribution in [0.15, 0.2) is 12.1 Å². The Morgan fingerprint density at radius 2 is 1.73 bits per heavy atom. The fourth-order valence-electron chi connectivity index (χ4n) is 1.86. The van der Waals surface area contributed by atoms with Crippen LogP contribution in [0.5, 0.6) is 0 Å². The SMILES string of the molecule is Cc1cc(C)c(C(=O)C(P)CP)c(C)c1. The van der Waals surface area contributed by atoms with Crippen molar-refractivity contribution in [3.63, 3.8) is 0 Å². The maximum Gasteiger partial charge on any atom is 0.170 e. The van der Waals surface area contributed by atoms with Gasteiger partial charge in [0.1, 0.15) is 0 Å². The number of ketones is 1. The molecule has 0 aromatic heterocycles. The Bertz CT molecular complexity index is 362. The molecule has 82 valence electrons. The molecule has 15 heavy (non-hydrogen) atoms. The molecule has 0 heterocycles. The minimum Gasteiger partial charge on any atom is -0.293 e. The van der Waals surface area contributed by atoms with Crippen LogP contribution in [-0.2, 0) is 0 Å². The zero-order valence-electron chi connectivity index (χ0n) is 9.50. The monoisotopic (exact) mass is 240 g/mol. The topological polar surface area (TPSA) is 17.1 Å². The highest BCUT2D eigenvalue weighted by atomic mass is 31.0. The van der Waals surface area contributed by atoms with E-state index in [1.54, 1.807) is 0 Å². The minimum absolute atomic E-state index is 0.00936. The fourth-order valence-corrected chi connectivity index (χ4v) is 2.24. The van der Waals surface area contributed by atoms with Crippen molar-refractivity contribution < 1.29 is 4.79 Å². The van der Waals surface area contributed by atoms with Gasteiger partial charge in [-0.1, -0.05) is 17.7 Å². The number of Topliss-reactive ketones (excluding diaryl/α,β-unsaturated/α-hetero) is 1. The Labute approximate surface area is 96.4 Å². The molecule has 1 nitrogen and oxygen atoms in total. The standard InChI is InChI=1S/C12H18OP2/c1-7-4-8(2)11(9(3)5-7)12(13)10(15)6-14/h4-5,10H,6,14-15H2,1-3H3. The third kappa shape index (κ3) is 2.86. The molecule has 3 atom stereocenters. The molecule has 1 aromatic carbocycles. The molecule has 3 heteroatoms. The number of aryl methyl sites for hydroxylation is 3. The first kappa shape index (κ1) is 12.8. The molecule has 1 aromatic rings. The lowest BCUT2D eigenvalue weighted by Gasteiger charge is -2.13. The number of hydrogen-bond acceptors (Lipinski definition) is 1. The molecular formula is C12H18OP2. The Morgan fingerprint density at radius 3 is 2.13 bits per heavy atom. The van der Waals surface area contributed by atoms with E-state index in [4.69, 9.17) is 0 Å². The van der Waals surface area contributed by atoms with Crippen LogP contribution in [0.3, 0.4) is 0 Å². The predicted octanol–water partition coefficient (Wildman–Crippen LogP) is 2.91. The van der Waals surface area contributed by atoms with E-state index >= 15 is 0 Å². The highest BCUT2D eigenvalue weighted by molar-refractivity contribution is 7.24. The van der Waals surface area contributed by atoms with Crippen LogP contribution in [-0.4, -0.2) is 17.6 Å². The first-order valence-corrected chi connectivity index (χ1v) is 6.53. The highest BCUT2D eigenvalue weighted by Gasteiger charge is 2.17. The van der Waals surface area contributed by atoms with E-state index in [0.29, 0.717) is 0 Å². The summed E-state index contributed by atoms with van der Waals surface area (Å²) in [5.41, 5.74) is 4.29. The van der Waals surface area contributed by atoms with Gasteiger partial charge in [0.05, 0.1) is 0 Å². The van der Waals surface area contributed by atoms with Crippen LogP contribution in [0, 0.1) is 20.8 Å². The summed E-state index contributed by atoms with van der Waals surface area (Å²) in [6.45, 7) is 6.07. The predicted molar refractivity (Wildman–Crippen MR) is 73.1 cm³/mol. The number of benzene rings is 1. The van der Waals surface area contributed by atoms with Gasteiger partial charge < -0.3 is 0 Å². The van der Waals surface area contributed by atoms with E-state index in [0.717, 1.165) is 22.9 Å². The first-order chi connectivity index (χ1) is 6.97. The van der Waals surface area contributed by atoms with E-state index in [1.807, 2.05) is 13.8 Å². The normalized spacial score (nSPS) is 12.6. The molecule has 0 aliphatic heterocycles. The van der Waals surface area contributed by atoms with Crippen molar-refractivity contribution in [2.75, 3.05) is 6.16 Å². The summed E-state index contributed by atoms with van der Waals surface area (Å²) < 4.78 is 0. The molecule has 0 aliphatic carbocycles. The lowest BCUT2D eigenvalue weighted by molar-refractivity contribution is 0.0993. The van der Waals surface area contributed by atoms with Crippen molar-refractivity contribution in [2.45, 2.75) is 26.4 Å². The van der Waals surface area contributed by atoms with Gasteiger partial charge in [0.15, 0.2) is 5.78 Å². The minimum atomic E-state index is 0.00936. The number of carbonyl (C=O) groups excluding carboxylic acids is 1. The summed E-state index contributed by atoms with van der Waals surface area (Å²) >= 11 is 0. The Morgan fingerprint density at radius 1 is 1.27 bits per heavy atom. The van der Waals surface area contributed by atoms with E-state index < -0.39 is 0 Å². The Hall–Kier alpha value is -0.250. The van der Waals surface area contributed by atoms with Gasteiger partial charge in [0.25, 0.3) is 0 Å². The van der Waals surface area contributed by atoms with Gasteiger partial charge in [-0.05, 0) is 38.1 Å². The van der Waals surface area contributed by atoms with Crippen LogP contribution in [0.2, 0.25) is 0 Å². The molecule has 0 amide bonds. The largest absolute Gasteiger partial charge is 0.293 e. The summed E-state index contributed by atoms with van der Waals surface area (Å²) in [7, 11) is 5.22. The van der Waals surface area contributed by atoms with Gasteiger partial charge in [-0.15, -0.1) is 18.5 Å². The van der Waals surface area contributed by atoms with E-state index in [-0.39, 0.29) is 11.4 Å². The fraction of sp³-hybridized carbons (Fsp3) is 0.417. The maximum atomic E-state index is 12.1. The second kappa shape index (κ2) is 5.19. The van der Waals surface area contributed by atoms with Crippen molar-refractivity contribution in [3.8, 4) is 0 Å². The molecule has 0 saturated carbocycles. The summed E-state index contributed by atoms with van der Waals surface area (Å²) in [5, 5.41) is 0. The Kier molecular flexibility index (Phi) is 4.44. The molecule has 0 radical (unpaired) electrons. The molecule has 1 rings (SSSR count). The zero-order chi connectivity index (χ0) is 11.6. The van der Waals surface area contributed by atoms with Gasteiger partial charge in [-0.3, -0.25) is 4.79 Å². The third-order valence-corrected chi connectivity index (χ3v) is 4.14. The second-order valence-electron chi connectivity index (χ2n) is 3.98. The van der Waals surface area contributed by atoms with Crippen molar-refractivity contribution in [1.29, 1.82) is 0 Å². The smallest absolute Gasteiger partial charge is 0.170 e. The van der Waals surface area contributed by atoms with Crippen molar-refractivity contribution in [1.82, 2.24) is 0 Å². The number of hydrogen-bond donors (Lipinski definition) is 0. The van der Waals surface area contributed by atoms with Crippen LogP contribution >= 0.6 is 18.5 Å². The van der Waals surface area contributed by atoms with Gasteiger partial charge >= 0.3 is 0 Å². The average molecular weight is 240 g/mol. The van der Waals surface area contributed by atoms with Crippen molar-refractivity contribution in [3.05, 3.63) is 34.4 Å². The first-order valence-electron chi connectivity index (χ1n) is 5.05. The molecule has 0 spiro atoms. The van der Waals surface area contributed by atoms with Crippen LogP contribution in [0.1, 0.15) is 27.0 Å². The highest BCUT2D eigenvalue weighted by Crippen LogP contribution is 2.21. The molecule has 0 fully saturated rings. The van der Waals surface area contributed by atoms with Gasteiger partial charge in [-0.2, -0.15) is 0 Å². The maximum absolute atomic E-state index is 12.1. The van der Waals surface area contributed by atoms with Gasteiger partial charge in [0.2, 0.25) is 0 Å². The van der Waals surface area contributed by atoms with Crippen LogP contribution in [0.25, 0.3) is 0 Å². The van der Waals surface area contributed by atoms with E-state index in [9.17, 15) is 4.79 Å². The van der Waals surface area contributed by atoms with E-state index in [1.165, 1.54) is 5.56 Å². The molecule has 0 N–H and O–H groups in total. The average Bonchev–Trinajstić information content (AvgIpc) is 2.14. The molecule has 0 bridgehead atoms. The molecule has 0 saturated heterocycles. The van der Waals surface area contributed by atoms with Gasteiger partial charge in [-0.25, -0.2) is 0 Å². The zero-order valence-corrected chi connectivity index (χ0v) is 11.8. The van der Waals surface area contributed by atoms with E-state index in [2.05, 4.69) is 37.5 Å². The molecule has 3 unspecified atom stereocenters. The third-order valence-electron chi connectivity index (χ3n) is 2.51. The lowest BCUT2D eigenvalue weighted by Crippen LogP contribution is -2.18. The number of rotatable bonds is 3.